The molecule has 2 amide bonds. The number of ether oxygens (including phenoxy) is 1. The number of nitrogens with one attached hydrogen (secondary N) is 1. The van der Waals surface area contributed by atoms with E-state index in [0.29, 0.717) is 0 Å². The number of amides is 2. The number of esters is 1. The summed E-state index contributed by atoms with van der Waals surface area (Å²) in [7, 11) is 2.75. The average molecular weight is 290 g/mol. The lowest BCUT2D eigenvalue weighted by Gasteiger charge is -2.34. The van der Waals surface area contributed by atoms with E-state index >= 15 is 0 Å². The second-order valence-electron chi connectivity index (χ2n) is 5.40. The first-order chi connectivity index (χ1) is 8.52. The summed E-state index contributed by atoms with van der Waals surface area (Å²) in [5.41, 5.74) is -0.500. The lowest BCUT2D eigenvalue weighted by molar-refractivity contribution is -0.152. The van der Waals surface area contributed by atoms with Crippen LogP contribution >= 0.6 is 12.6 Å². The Labute approximate surface area is 119 Å². The Hall–Kier alpha value is -1.24. The van der Waals surface area contributed by atoms with Gasteiger partial charge in [-0.25, -0.2) is 4.79 Å². The summed E-state index contributed by atoms with van der Waals surface area (Å²) in [4.78, 5) is 36.1. The maximum Gasteiger partial charge on any atom is 0.328 e. The Morgan fingerprint density at radius 3 is 2.05 bits per heavy atom. The van der Waals surface area contributed by atoms with Gasteiger partial charge in [-0.1, -0.05) is 33.4 Å². The molecule has 19 heavy (non-hydrogen) atoms. The zero-order valence-electron chi connectivity index (χ0n) is 12.2. The van der Waals surface area contributed by atoms with Crippen molar-refractivity contribution in [3.63, 3.8) is 0 Å². The van der Waals surface area contributed by atoms with Gasteiger partial charge in [-0.15, -0.1) is 0 Å². The van der Waals surface area contributed by atoms with Gasteiger partial charge in [-0.05, 0) is 12.3 Å². The van der Waals surface area contributed by atoms with Gasteiger partial charge in [-0.2, -0.15) is 0 Å². The van der Waals surface area contributed by atoms with Crippen LogP contribution in [0.2, 0.25) is 0 Å². The first-order valence-electron chi connectivity index (χ1n) is 5.86. The van der Waals surface area contributed by atoms with Crippen LogP contribution in [-0.4, -0.2) is 48.3 Å². The number of carbonyl (C=O) groups excluding carboxylic acids is 3. The first kappa shape index (κ1) is 17.8. The van der Waals surface area contributed by atoms with Gasteiger partial charge >= 0.3 is 5.97 Å². The second-order valence-corrected chi connectivity index (χ2v) is 5.80. The van der Waals surface area contributed by atoms with Crippen LogP contribution in [0.25, 0.3) is 0 Å². The third-order valence-electron chi connectivity index (χ3n) is 2.85. The molecular weight excluding hydrogens is 268 g/mol. The Morgan fingerprint density at radius 2 is 1.74 bits per heavy atom. The van der Waals surface area contributed by atoms with Crippen molar-refractivity contribution in [2.24, 2.45) is 5.41 Å². The van der Waals surface area contributed by atoms with Crippen LogP contribution < -0.4 is 5.32 Å². The molecule has 0 saturated carbocycles. The normalized spacial score (nSPS) is 14.3. The standard InChI is InChI=1S/C12H22N2O4S/c1-7(10(16)18-6)14(5)9(15)8(12(2,3)4)13-11(17)19/h7-8H,1-6H3,(H2,13,17,19). The molecule has 6 nitrogen and oxygen atoms in total. The van der Waals surface area contributed by atoms with Gasteiger partial charge in [0.05, 0.1) is 7.11 Å². The maximum absolute atomic E-state index is 12.4. The highest BCUT2D eigenvalue weighted by atomic mass is 32.1. The van der Waals surface area contributed by atoms with E-state index in [0.717, 1.165) is 0 Å². The molecule has 2 unspecified atom stereocenters. The van der Waals surface area contributed by atoms with Crippen molar-refractivity contribution < 1.29 is 19.1 Å². The van der Waals surface area contributed by atoms with Crippen molar-refractivity contribution >= 4 is 29.7 Å². The molecular formula is C12H22N2O4S. The third-order valence-corrected chi connectivity index (χ3v) is 2.98. The summed E-state index contributed by atoms with van der Waals surface area (Å²) in [6.07, 6.45) is 0. The lowest BCUT2D eigenvalue weighted by Crippen LogP contribution is -2.55. The Morgan fingerprint density at radius 1 is 1.26 bits per heavy atom. The lowest BCUT2D eigenvalue weighted by atomic mass is 9.85. The number of hydrogen-bond acceptors (Lipinski definition) is 4. The van der Waals surface area contributed by atoms with Crippen LogP contribution in [0.3, 0.4) is 0 Å². The molecule has 0 radical (unpaired) electrons. The van der Waals surface area contributed by atoms with Crippen LogP contribution in [0.5, 0.6) is 0 Å². The molecule has 0 aromatic heterocycles. The SMILES string of the molecule is COC(=O)C(C)N(C)C(=O)C(NC(=O)S)C(C)(C)C. The monoisotopic (exact) mass is 290 g/mol. The third kappa shape index (κ3) is 5.10. The highest BCUT2D eigenvalue weighted by Gasteiger charge is 2.36. The summed E-state index contributed by atoms with van der Waals surface area (Å²) < 4.78 is 4.59. The molecule has 0 bridgehead atoms. The number of thiol groups is 1. The van der Waals surface area contributed by atoms with E-state index in [-0.39, 0.29) is 5.91 Å². The van der Waals surface area contributed by atoms with Gasteiger partial charge in [0.15, 0.2) is 0 Å². The topological polar surface area (TPSA) is 75.7 Å². The summed E-state index contributed by atoms with van der Waals surface area (Å²) in [5.74, 6) is -0.881. The van der Waals surface area contributed by atoms with Crippen LogP contribution in [0.4, 0.5) is 4.79 Å². The fourth-order valence-corrected chi connectivity index (χ4v) is 1.62. The van der Waals surface area contributed by atoms with Crippen molar-refractivity contribution in [1.82, 2.24) is 10.2 Å². The predicted molar refractivity (Wildman–Crippen MR) is 75.0 cm³/mol. The Balaban J connectivity index is 5.10. The molecule has 110 valence electrons. The van der Waals surface area contributed by atoms with E-state index in [4.69, 9.17) is 0 Å². The van der Waals surface area contributed by atoms with Crippen molar-refractivity contribution in [1.29, 1.82) is 0 Å². The summed E-state index contributed by atoms with van der Waals surface area (Å²) in [5, 5.41) is 1.90. The molecule has 0 spiro atoms. The minimum absolute atomic E-state index is 0.368. The maximum atomic E-state index is 12.4. The van der Waals surface area contributed by atoms with Gasteiger partial charge in [0.2, 0.25) is 5.91 Å². The Bertz CT molecular complexity index is 365. The predicted octanol–water partition coefficient (Wildman–Crippen LogP) is 1.06. The van der Waals surface area contributed by atoms with E-state index in [1.54, 1.807) is 6.92 Å². The molecule has 0 heterocycles. The van der Waals surface area contributed by atoms with Crippen molar-refractivity contribution in [2.75, 3.05) is 14.2 Å². The van der Waals surface area contributed by atoms with Crippen LogP contribution in [0, 0.1) is 5.41 Å². The molecule has 0 rings (SSSR count). The fourth-order valence-electron chi connectivity index (χ4n) is 1.50. The van der Waals surface area contributed by atoms with Crippen LogP contribution in [0.15, 0.2) is 0 Å². The second kappa shape index (κ2) is 6.79. The molecule has 7 heteroatoms. The minimum Gasteiger partial charge on any atom is -0.467 e. The summed E-state index contributed by atoms with van der Waals surface area (Å²) in [6.45, 7) is 7.01. The molecule has 0 aliphatic carbocycles. The van der Waals surface area contributed by atoms with Crippen LogP contribution in [0.1, 0.15) is 27.7 Å². The number of rotatable bonds is 4. The van der Waals surface area contributed by atoms with Gasteiger partial charge < -0.3 is 15.0 Å². The van der Waals surface area contributed by atoms with Gasteiger partial charge in [0, 0.05) is 7.05 Å². The molecule has 0 fully saturated rings. The van der Waals surface area contributed by atoms with E-state index in [2.05, 4.69) is 22.7 Å². The average Bonchev–Trinajstić information content (AvgIpc) is 2.30. The number of methoxy groups -OCH3 is 1. The van der Waals surface area contributed by atoms with Gasteiger partial charge in [0.25, 0.3) is 5.24 Å². The van der Waals surface area contributed by atoms with E-state index in [1.807, 2.05) is 20.8 Å². The smallest absolute Gasteiger partial charge is 0.328 e. The van der Waals surface area contributed by atoms with Crippen LogP contribution in [-0.2, 0) is 14.3 Å². The molecule has 0 saturated heterocycles. The fraction of sp³-hybridized carbons (Fsp3) is 0.750. The van der Waals surface area contributed by atoms with E-state index < -0.39 is 28.7 Å². The van der Waals surface area contributed by atoms with Gasteiger partial charge in [-0.3, -0.25) is 9.59 Å². The number of nitrogens with zero attached hydrogens (tertiary/aromatic N) is 1. The minimum atomic E-state index is -0.769. The highest BCUT2D eigenvalue weighted by molar-refractivity contribution is 7.96. The van der Waals surface area contributed by atoms with Gasteiger partial charge in [0.1, 0.15) is 12.1 Å². The number of likely N-dealkylation sites (N-methyl/N-ethyl adjacent to an activating group) is 1. The highest BCUT2D eigenvalue weighted by Crippen LogP contribution is 2.22. The Kier molecular flexibility index (Phi) is 6.35. The molecule has 0 aliphatic rings. The van der Waals surface area contributed by atoms with Crippen molar-refractivity contribution in [2.45, 2.75) is 39.8 Å². The largest absolute Gasteiger partial charge is 0.467 e. The quantitative estimate of drug-likeness (QED) is 0.599. The molecule has 0 aromatic rings. The summed E-state index contributed by atoms with van der Waals surface area (Å²) >= 11 is 3.63. The molecule has 0 aromatic carbocycles. The summed E-state index contributed by atoms with van der Waals surface area (Å²) in [6, 6.07) is -1.49. The molecule has 1 N–H and O–H groups in total. The number of hydrogen-bond donors (Lipinski definition) is 2. The van der Waals surface area contributed by atoms with Crippen molar-refractivity contribution in [3.8, 4) is 0 Å². The van der Waals surface area contributed by atoms with E-state index in [9.17, 15) is 14.4 Å². The zero-order chi connectivity index (χ0) is 15.4. The number of carbonyl (C=O) groups is 3. The first-order valence-corrected chi connectivity index (χ1v) is 6.31. The van der Waals surface area contributed by atoms with E-state index in [1.165, 1.54) is 19.1 Å². The molecule has 2 atom stereocenters. The zero-order valence-corrected chi connectivity index (χ0v) is 13.1. The van der Waals surface area contributed by atoms with Crippen molar-refractivity contribution in [3.05, 3.63) is 0 Å². The molecule has 0 aliphatic heterocycles.